The summed E-state index contributed by atoms with van der Waals surface area (Å²) in [5.74, 6) is 0. The topological polar surface area (TPSA) is 56.1 Å². The average Bonchev–Trinajstić information content (AvgIpc) is 3.14. The van der Waals surface area contributed by atoms with Gasteiger partial charge >= 0.3 is 6.03 Å². The molecule has 1 aliphatic rings. The summed E-state index contributed by atoms with van der Waals surface area (Å²) in [6.07, 6.45) is 2.48. The Morgan fingerprint density at radius 3 is 2.94 bits per heavy atom. The molecule has 18 heavy (non-hydrogen) atoms. The van der Waals surface area contributed by atoms with Crippen LogP contribution in [0.2, 0.25) is 0 Å². The summed E-state index contributed by atoms with van der Waals surface area (Å²) in [7, 11) is 0. The van der Waals surface area contributed by atoms with E-state index in [1.165, 1.54) is 0 Å². The SMILES string of the molecule is Cc1cccc(NC(=O)N(CCC#N)C2CC2)c1. The summed E-state index contributed by atoms with van der Waals surface area (Å²) in [5.41, 5.74) is 1.92. The quantitative estimate of drug-likeness (QED) is 0.884. The zero-order valence-corrected chi connectivity index (χ0v) is 10.5. The molecule has 1 aromatic carbocycles. The molecule has 0 radical (unpaired) electrons. The minimum Gasteiger partial charge on any atom is -0.321 e. The second-order valence-electron chi connectivity index (χ2n) is 4.63. The lowest BCUT2D eigenvalue weighted by Crippen LogP contribution is -2.37. The van der Waals surface area contributed by atoms with E-state index in [0.29, 0.717) is 19.0 Å². The zero-order valence-electron chi connectivity index (χ0n) is 10.5. The van der Waals surface area contributed by atoms with Gasteiger partial charge in [-0.2, -0.15) is 5.26 Å². The molecule has 0 heterocycles. The van der Waals surface area contributed by atoms with Crippen LogP contribution in [0.15, 0.2) is 24.3 Å². The van der Waals surface area contributed by atoms with Crippen LogP contribution in [-0.4, -0.2) is 23.5 Å². The maximum absolute atomic E-state index is 12.1. The number of amides is 2. The van der Waals surface area contributed by atoms with Crippen LogP contribution in [0.5, 0.6) is 0 Å². The number of benzene rings is 1. The number of nitrogens with zero attached hydrogens (tertiary/aromatic N) is 2. The monoisotopic (exact) mass is 243 g/mol. The van der Waals surface area contributed by atoms with Gasteiger partial charge in [-0.1, -0.05) is 12.1 Å². The minimum atomic E-state index is -0.0987. The molecule has 0 aliphatic heterocycles. The van der Waals surface area contributed by atoms with Crippen LogP contribution in [0, 0.1) is 18.3 Å². The van der Waals surface area contributed by atoms with E-state index in [0.717, 1.165) is 24.1 Å². The van der Waals surface area contributed by atoms with Crippen molar-refractivity contribution in [3.8, 4) is 6.07 Å². The molecule has 1 aliphatic carbocycles. The fourth-order valence-electron chi connectivity index (χ4n) is 1.92. The molecule has 0 atom stereocenters. The van der Waals surface area contributed by atoms with Gasteiger partial charge in [-0.05, 0) is 37.5 Å². The summed E-state index contributed by atoms with van der Waals surface area (Å²) in [4.78, 5) is 13.9. The highest BCUT2D eigenvalue weighted by atomic mass is 16.2. The second kappa shape index (κ2) is 5.54. The molecule has 4 heteroatoms. The van der Waals surface area contributed by atoms with E-state index in [1.807, 2.05) is 31.2 Å². The van der Waals surface area contributed by atoms with Crippen molar-refractivity contribution >= 4 is 11.7 Å². The number of anilines is 1. The second-order valence-corrected chi connectivity index (χ2v) is 4.63. The van der Waals surface area contributed by atoms with Crippen molar-refractivity contribution < 1.29 is 4.79 Å². The van der Waals surface area contributed by atoms with Gasteiger partial charge in [0.2, 0.25) is 0 Å². The van der Waals surface area contributed by atoms with Crippen LogP contribution in [0.3, 0.4) is 0 Å². The number of aryl methyl sites for hydroxylation is 1. The molecule has 1 fully saturated rings. The van der Waals surface area contributed by atoms with Crippen molar-refractivity contribution in [2.75, 3.05) is 11.9 Å². The number of urea groups is 1. The standard InChI is InChI=1S/C14H17N3O/c1-11-4-2-5-12(10-11)16-14(18)17(9-3-8-15)13-6-7-13/h2,4-5,10,13H,3,6-7,9H2,1H3,(H,16,18). The van der Waals surface area contributed by atoms with E-state index in [-0.39, 0.29) is 6.03 Å². The van der Waals surface area contributed by atoms with Crippen molar-refractivity contribution in [1.29, 1.82) is 5.26 Å². The fourth-order valence-corrected chi connectivity index (χ4v) is 1.92. The molecule has 0 aromatic heterocycles. The largest absolute Gasteiger partial charge is 0.322 e. The van der Waals surface area contributed by atoms with Crippen LogP contribution < -0.4 is 5.32 Å². The summed E-state index contributed by atoms with van der Waals surface area (Å²) in [5, 5.41) is 11.5. The van der Waals surface area contributed by atoms with Gasteiger partial charge in [0.15, 0.2) is 0 Å². The maximum atomic E-state index is 12.1. The molecule has 94 valence electrons. The predicted molar refractivity (Wildman–Crippen MR) is 70.2 cm³/mol. The Labute approximate surface area is 107 Å². The first-order valence-corrected chi connectivity index (χ1v) is 6.22. The van der Waals surface area contributed by atoms with E-state index >= 15 is 0 Å². The lowest BCUT2D eigenvalue weighted by molar-refractivity contribution is 0.210. The molecule has 0 unspecified atom stereocenters. The summed E-state index contributed by atoms with van der Waals surface area (Å²) in [6, 6.07) is 10.0. The van der Waals surface area contributed by atoms with Crippen molar-refractivity contribution in [2.24, 2.45) is 0 Å². The Balaban J connectivity index is 1.98. The van der Waals surface area contributed by atoms with Crippen LogP contribution in [0.25, 0.3) is 0 Å². The molecule has 2 amide bonds. The molecule has 1 aromatic rings. The minimum absolute atomic E-state index is 0.0987. The van der Waals surface area contributed by atoms with Crippen LogP contribution in [-0.2, 0) is 0 Å². The van der Waals surface area contributed by atoms with Gasteiger partial charge in [0, 0.05) is 18.3 Å². The first kappa shape index (κ1) is 12.4. The summed E-state index contributed by atoms with van der Waals surface area (Å²) in [6.45, 7) is 2.50. The average molecular weight is 243 g/mol. The number of hydrogen-bond donors (Lipinski definition) is 1. The number of rotatable bonds is 4. The molecule has 0 bridgehead atoms. The fraction of sp³-hybridized carbons (Fsp3) is 0.429. The summed E-state index contributed by atoms with van der Waals surface area (Å²) >= 11 is 0. The van der Waals surface area contributed by atoms with E-state index in [2.05, 4.69) is 11.4 Å². The van der Waals surface area contributed by atoms with Crippen molar-refractivity contribution in [2.45, 2.75) is 32.2 Å². The molecule has 0 spiro atoms. The predicted octanol–water partition coefficient (Wildman–Crippen LogP) is 2.91. The molecule has 0 saturated heterocycles. The molecule has 1 N–H and O–H groups in total. The third-order valence-electron chi connectivity index (χ3n) is 2.98. The Morgan fingerprint density at radius 2 is 2.33 bits per heavy atom. The molecular weight excluding hydrogens is 226 g/mol. The van der Waals surface area contributed by atoms with Gasteiger partial charge in [0.1, 0.15) is 0 Å². The van der Waals surface area contributed by atoms with Crippen LogP contribution in [0.4, 0.5) is 10.5 Å². The molecule has 1 saturated carbocycles. The highest BCUT2D eigenvalue weighted by Crippen LogP contribution is 2.27. The van der Waals surface area contributed by atoms with E-state index in [1.54, 1.807) is 4.90 Å². The normalized spacial score (nSPS) is 13.8. The molecular formula is C14H17N3O. The number of nitriles is 1. The third kappa shape index (κ3) is 3.24. The van der Waals surface area contributed by atoms with Gasteiger partial charge in [0.25, 0.3) is 0 Å². The van der Waals surface area contributed by atoms with E-state index in [9.17, 15) is 4.79 Å². The maximum Gasteiger partial charge on any atom is 0.322 e. The number of carbonyl (C=O) groups is 1. The number of hydrogen-bond acceptors (Lipinski definition) is 2. The Hall–Kier alpha value is -2.02. The van der Waals surface area contributed by atoms with E-state index in [4.69, 9.17) is 5.26 Å². The molecule has 2 rings (SSSR count). The lowest BCUT2D eigenvalue weighted by atomic mass is 10.2. The smallest absolute Gasteiger partial charge is 0.321 e. The Kier molecular flexibility index (Phi) is 3.83. The van der Waals surface area contributed by atoms with E-state index < -0.39 is 0 Å². The van der Waals surface area contributed by atoms with Crippen LogP contribution >= 0.6 is 0 Å². The number of nitrogens with one attached hydrogen (secondary N) is 1. The van der Waals surface area contributed by atoms with Crippen molar-refractivity contribution in [1.82, 2.24) is 4.90 Å². The van der Waals surface area contributed by atoms with Crippen LogP contribution in [0.1, 0.15) is 24.8 Å². The van der Waals surface area contributed by atoms with Crippen molar-refractivity contribution in [3.63, 3.8) is 0 Å². The van der Waals surface area contributed by atoms with Gasteiger partial charge in [-0.15, -0.1) is 0 Å². The first-order chi connectivity index (χ1) is 8.70. The van der Waals surface area contributed by atoms with Crippen molar-refractivity contribution in [3.05, 3.63) is 29.8 Å². The van der Waals surface area contributed by atoms with Gasteiger partial charge in [-0.25, -0.2) is 4.79 Å². The van der Waals surface area contributed by atoms with Gasteiger partial charge in [-0.3, -0.25) is 0 Å². The first-order valence-electron chi connectivity index (χ1n) is 6.22. The lowest BCUT2D eigenvalue weighted by Gasteiger charge is -2.21. The number of carbonyl (C=O) groups excluding carboxylic acids is 1. The summed E-state index contributed by atoms with van der Waals surface area (Å²) < 4.78 is 0. The Bertz CT molecular complexity index is 474. The zero-order chi connectivity index (χ0) is 13.0. The highest BCUT2D eigenvalue weighted by Gasteiger charge is 2.32. The Morgan fingerprint density at radius 1 is 1.56 bits per heavy atom. The van der Waals surface area contributed by atoms with Gasteiger partial charge < -0.3 is 10.2 Å². The third-order valence-corrected chi connectivity index (χ3v) is 2.98. The van der Waals surface area contributed by atoms with Gasteiger partial charge in [0.05, 0.1) is 12.5 Å². The highest BCUT2D eigenvalue weighted by molar-refractivity contribution is 5.89. The molecule has 4 nitrogen and oxygen atoms in total.